The van der Waals surface area contributed by atoms with Gasteiger partial charge in [0.1, 0.15) is 0 Å². The molecule has 0 aliphatic carbocycles. The van der Waals surface area contributed by atoms with Gasteiger partial charge in [0.05, 0.1) is 12.7 Å². The third-order valence-electron chi connectivity index (χ3n) is 1.02. The van der Waals surface area contributed by atoms with Crippen LogP contribution in [0.1, 0.15) is 19.8 Å². The second-order valence-corrected chi connectivity index (χ2v) is 2.20. The summed E-state index contributed by atoms with van der Waals surface area (Å²) in [6, 6.07) is 1.96. The Morgan fingerprint density at radius 2 is 2.33 bits per heavy atom. The van der Waals surface area contributed by atoms with Crippen molar-refractivity contribution in [2.24, 2.45) is 0 Å². The lowest BCUT2D eigenvalue weighted by Gasteiger charge is -2.13. The number of hydrogen-bond donors (Lipinski definition) is 1. The van der Waals surface area contributed by atoms with Crippen LogP contribution in [-0.2, 0) is 14.6 Å². The van der Waals surface area contributed by atoms with Gasteiger partial charge in [-0.1, -0.05) is 0 Å². The van der Waals surface area contributed by atoms with Crippen molar-refractivity contribution >= 4 is 5.97 Å². The van der Waals surface area contributed by atoms with Crippen LogP contribution in [0.5, 0.6) is 0 Å². The van der Waals surface area contributed by atoms with Gasteiger partial charge in [0.15, 0.2) is 6.10 Å². The summed E-state index contributed by atoms with van der Waals surface area (Å²) in [6.45, 7) is 1.71. The van der Waals surface area contributed by atoms with E-state index in [-0.39, 0.29) is 6.10 Å². The average Bonchev–Trinajstić information content (AvgIpc) is 2.05. The molecule has 0 spiro atoms. The highest BCUT2D eigenvalue weighted by Gasteiger charge is 2.12. The highest BCUT2D eigenvalue weighted by atomic mass is 17.2. The van der Waals surface area contributed by atoms with Crippen LogP contribution < -0.4 is 0 Å². The SMILES string of the molecule is CC(=O)O.N#CC1CCCOO1. The van der Waals surface area contributed by atoms with E-state index < -0.39 is 5.97 Å². The van der Waals surface area contributed by atoms with Crippen LogP contribution in [0.15, 0.2) is 0 Å². The maximum Gasteiger partial charge on any atom is 0.300 e. The summed E-state index contributed by atoms with van der Waals surface area (Å²) < 4.78 is 0. The lowest BCUT2D eigenvalue weighted by atomic mass is 10.2. The van der Waals surface area contributed by atoms with Crippen molar-refractivity contribution < 1.29 is 19.7 Å². The maximum atomic E-state index is 9.00. The Labute approximate surface area is 70.4 Å². The molecule has 5 nitrogen and oxygen atoms in total. The van der Waals surface area contributed by atoms with E-state index in [1.165, 1.54) is 0 Å². The first-order chi connectivity index (χ1) is 5.66. The molecule has 0 radical (unpaired) electrons. The Balaban J connectivity index is 0.000000261. The quantitative estimate of drug-likeness (QED) is 0.546. The molecule has 0 saturated carbocycles. The van der Waals surface area contributed by atoms with Crippen LogP contribution in [0.4, 0.5) is 0 Å². The largest absolute Gasteiger partial charge is 0.481 e. The molecule has 1 saturated heterocycles. The van der Waals surface area contributed by atoms with Gasteiger partial charge in [0.2, 0.25) is 0 Å². The zero-order valence-electron chi connectivity index (χ0n) is 6.82. The van der Waals surface area contributed by atoms with Crippen LogP contribution in [0.3, 0.4) is 0 Å². The fourth-order valence-corrected chi connectivity index (χ4v) is 0.592. The van der Waals surface area contributed by atoms with Crippen molar-refractivity contribution in [2.75, 3.05) is 6.61 Å². The predicted octanol–water partition coefficient (Wildman–Crippen LogP) is 0.711. The Kier molecular flexibility index (Phi) is 5.97. The molecule has 1 atom stereocenters. The van der Waals surface area contributed by atoms with Gasteiger partial charge in [-0.3, -0.25) is 4.79 Å². The van der Waals surface area contributed by atoms with Crippen LogP contribution in [0.25, 0.3) is 0 Å². The molecular weight excluding hydrogens is 162 g/mol. The van der Waals surface area contributed by atoms with E-state index in [0.29, 0.717) is 6.61 Å². The van der Waals surface area contributed by atoms with Crippen LogP contribution in [-0.4, -0.2) is 23.8 Å². The molecule has 1 aliphatic rings. The summed E-state index contributed by atoms with van der Waals surface area (Å²) in [5.74, 6) is -0.833. The Hall–Kier alpha value is -1.12. The Morgan fingerprint density at radius 3 is 2.58 bits per heavy atom. The third kappa shape index (κ3) is 6.99. The van der Waals surface area contributed by atoms with E-state index in [2.05, 4.69) is 9.78 Å². The Bertz CT molecular complexity index is 165. The van der Waals surface area contributed by atoms with Gasteiger partial charge in [0, 0.05) is 6.92 Å². The minimum absolute atomic E-state index is 0.330. The van der Waals surface area contributed by atoms with Crippen LogP contribution >= 0.6 is 0 Å². The first kappa shape index (κ1) is 10.9. The molecule has 1 fully saturated rings. The standard InChI is InChI=1S/C5H7NO2.C2H4O2/c6-4-5-2-1-3-7-8-5;1-2(3)4/h5H,1-3H2;1H3,(H,3,4). The number of hydrogen-bond acceptors (Lipinski definition) is 4. The van der Waals surface area contributed by atoms with E-state index in [4.69, 9.17) is 15.2 Å². The van der Waals surface area contributed by atoms with E-state index in [1.54, 1.807) is 0 Å². The van der Waals surface area contributed by atoms with Crippen molar-refractivity contribution in [3.05, 3.63) is 0 Å². The predicted molar refractivity (Wildman–Crippen MR) is 39.0 cm³/mol. The minimum Gasteiger partial charge on any atom is -0.481 e. The molecular formula is C7H11NO4. The van der Waals surface area contributed by atoms with E-state index in [0.717, 1.165) is 19.8 Å². The minimum atomic E-state index is -0.833. The van der Waals surface area contributed by atoms with Gasteiger partial charge in [-0.2, -0.15) is 5.26 Å². The van der Waals surface area contributed by atoms with Gasteiger partial charge in [-0.25, -0.2) is 9.78 Å². The number of rotatable bonds is 0. The molecule has 0 amide bonds. The van der Waals surface area contributed by atoms with Crippen molar-refractivity contribution in [1.29, 1.82) is 5.26 Å². The summed E-state index contributed by atoms with van der Waals surface area (Å²) in [5.41, 5.74) is 0. The fourth-order valence-electron chi connectivity index (χ4n) is 0.592. The smallest absolute Gasteiger partial charge is 0.300 e. The van der Waals surface area contributed by atoms with Gasteiger partial charge in [-0.05, 0) is 12.8 Å². The van der Waals surface area contributed by atoms with Crippen molar-refractivity contribution in [2.45, 2.75) is 25.9 Å². The number of carboxylic acid groups (broad SMARTS) is 1. The summed E-state index contributed by atoms with van der Waals surface area (Å²) in [6.07, 6.45) is 1.40. The second kappa shape index (κ2) is 6.58. The van der Waals surface area contributed by atoms with Gasteiger partial charge in [0.25, 0.3) is 5.97 Å². The van der Waals surface area contributed by atoms with E-state index in [9.17, 15) is 0 Å². The second-order valence-electron chi connectivity index (χ2n) is 2.20. The molecule has 5 heteroatoms. The molecule has 1 aliphatic heterocycles. The number of nitrogens with zero attached hydrogens (tertiary/aromatic N) is 1. The topological polar surface area (TPSA) is 79.5 Å². The zero-order valence-corrected chi connectivity index (χ0v) is 6.82. The molecule has 1 N–H and O–H groups in total. The summed E-state index contributed by atoms with van der Waals surface area (Å²) >= 11 is 0. The molecule has 0 aromatic carbocycles. The normalized spacial score (nSPS) is 21.5. The number of aliphatic carboxylic acids is 1. The lowest BCUT2D eigenvalue weighted by molar-refractivity contribution is -0.331. The zero-order chi connectivity index (χ0) is 9.40. The molecule has 1 unspecified atom stereocenters. The molecule has 1 heterocycles. The lowest BCUT2D eigenvalue weighted by Crippen LogP contribution is -2.17. The molecule has 1 rings (SSSR count). The maximum absolute atomic E-state index is 9.00. The van der Waals surface area contributed by atoms with Crippen LogP contribution in [0.2, 0.25) is 0 Å². The van der Waals surface area contributed by atoms with Gasteiger partial charge >= 0.3 is 0 Å². The number of carbonyl (C=O) groups is 1. The number of nitriles is 1. The highest BCUT2D eigenvalue weighted by molar-refractivity contribution is 5.62. The summed E-state index contributed by atoms with van der Waals surface area (Å²) in [5, 5.41) is 15.7. The molecule has 0 aromatic rings. The Morgan fingerprint density at radius 1 is 1.75 bits per heavy atom. The third-order valence-corrected chi connectivity index (χ3v) is 1.02. The summed E-state index contributed by atoms with van der Waals surface area (Å²) in [7, 11) is 0. The van der Waals surface area contributed by atoms with Crippen molar-refractivity contribution in [3.63, 3.8) is 0 Å². The molecule has 0 bridgehead atoms. The summed E-state index contributed by atoms with van der Waals surface area (Å²) in [4.78, 5) is 18.1. The van der Waals surface area contributed by atoms with Gasteiger partial charge in [-0.15, -0.1) is 0 Å². The van der Waals surface area contributed by atoms with Crippen LogP contribution in [0, 0.1) is 11.3 Å². The van der Waals surface area contributed by atoms with E-state index >= 15 is 0 Å². The monoisotopic (exact) mass is 173 g/mol. The van der Waals surface area contributed by atoms with Crippen molar-refractivity contribution in [3.8, 4) is 6.07 Å². The van der Waals surface area contributed by atoms with Gasteiger partial charge < -0.3 is 5.11 Å². The number of carboxylic acids is 1. The highest BCUT2D eigenvalue weighted by Crippen LogP contribution is 2.07. The first-order valence-corrected chi connectivity index (χ1v) is 3.54. The fraction of sp³-hybridized carbons (Fsp3) is 0.714. The average molecular weight is 173 g/mol. The molecule has 0 aromatic heterocycles. The first-order valence-electron chi connectivity index (χ1n) is 3.54. The van der Waals surface area contributed by atoms with E-state index in [1.807, 2.05) is 6.07 Å². The van der Waals surface area contributed by atoms with Crippen molar-refractivity contribution in [1.82, 2.24) is 0 Å². The molecule has 68 valence electrons. The molecule has 12 heavy (non-hydrogen) atoms.